The molecule has 0 aliphatic heterocycles. The minimum atomic E-state index is 0.820. The molecule has 0 bridgehead atoms. The molecule has 0 aliphatic carbocycles. The van der Waals surface area contributed by atoms with Crippen molar-refractivity contribution in [3.05, 3.63) is 41.9 Å². The smallest absolute Gasteiger partial charge is 0.168 e. The van der Waals surface area contributed by atoms with Crippen molar-refractivity contribution in [2.45, 2.75) is 20.8 Å². The third-order valence-electron chi connectivity index (χ3n) is 3.16. The number of hydrogen-bond acceptors (Lipinski definition) is 4. The maximum atomic E-state index is 4.46. The summed E-state index contributed by atoms with van der Waals surface area (Å²) < 4.78 is 1.86. The molecular weight excluding hydrogens is 250 g/mol. The van der Waals surface area contributed by atoms with E-state index in [1.165, 1.54) is 11.1 Å². The first-order valence-electron chi connectivity index (χ1n) is 6.70. The van der Waals surface area contributed by atoms with Crippen molar-refractivity contribution in [3.63, 3.8) is 0 Å². The summed E-state index contributed by atoms with van der Waals surface area (Å²) >= 11 is 0. The molecule has 20 heavy (non-hydrogen) atoms. The Morgan fingerprint density at radius 3 is 2.55 bits per heavy atom. The van der Waals surface area contributed by atoms with Gasteiger partial charge in [-0.25, -0.2) is 14.6 Å². The summed E-state index contributed by atoms with van der Waals surface area (Å²) in [6, 6.07) is 6.36. The summed E-state index contributed by atoms with van der Waals surface area (Å²) in [6.45, 7) is 7.03. The van der Waals surface area contributed by atoms with Gasteiger partial charge in [0.05, 0.1) is 17.3 Å². The molecule has 1 N–H and O–H groups in total. The Hall–Kier alpha value is -2.43. The Bertz CT molecular complexity index is 740. The molecular formula is C15H17N5. The Kier molecular flexibility index (Phi) is 3.10. The summed E-state index contributed by atoms with van der Waals surface area (Å²) in [5.74, 6) is 0.827. The van der Waals surface area contributed by atoms with Crippen molar-refractivity contribution < 1.29 is 0 Å². The number of aryl methyl sites for hydroxylation is 2. The fraction of sp³-hybridized carbons (Fsp3) is 0.267. The molecule has 0 spiro atoms. The number of hydrogen-bond donors (Lipinski definition) is 1. The summed E-state index contributed by atoms with van der Waals surface area (Å²) in [6.07, 6.45) is 3.38. The maximum Gasteiger partial charge on any atom is 0.168 e. The van der Waals surface area contributed by atoms with E-state index in [0.717, 1.165) is 29.1 Å². The Labute approximate surface area is 117 Å². The average Bonchev–Trinajstić information content (AvgIpc) is 2.83. The van der Waals surface area contributed by atoms with Crippen molar-refractivity contribution in [3.8, 4) is 5.69 Å². The highest BCUT2D eigenvalue weighted by atomic mass is 15.3. The second-order valence-corrected chi connectivity index (χ2v) is 4.89. The van der Waals surface area contributed by atoms with Crippen molar-refractivity contribution in [2.24, 2.45) is 0 Å². The lowest BCUT2D eigenvalue weighted by atomic mass is 10.1. The van der Waals surface area contributed by atoms with Crippen LogP contribution in [0.3, 0.4) is 0 Å². The van der Waals surface area contributed by atoms with Crippen LogP contribution in [0.4, 0.5) is 5.82 Å². The zero-order valence-electron chi connectivity index (χ0n) is 11.9. The van der Waals surface area contributed by atoms with Crippen molar-refractivity contribution in [1.82, 2.24) is 19.7 Å². The van der Waals surface area contributed by atoms with Crippen LogP contribution in [-0.4, -0.2) is 26.3 Å². The van der Waals surface area contributed by atoms with Gasteiger partial charge in [0.2, 0.25) is 0 Å². The van der Waals surface area contributed by atoms with Crippen LogP contribution in [-0.2, 0) is 0 Å². The highest BCUT2D eigenvalue weighted by molar-refractivity contribution is 5.87. The first-order valence-corrected chi connectivity index (χ1v) is 6.70. The third kappa shape index (κ3) is 2.11. The summed E-state index contributed by atoms with van der Waals surface area (Å²) in [4.78, 5) is 8.63. The van der Waals surface area contributed by atoms with E-state index in [-0.39, 0.29) is 0 Å². The largest absolute Gasteiger partial charge is 0.370 e. The molecule has 0 unspecified atom stereocenters. The monoisotopic (exact) mass is 267 g/mol. The van der Waals surface area contributed by atoms with E-state index in [2.05, 4.69) is 52.4 Å². The zero-order valence-corrected chi connectivity index (χ0v) is 11.9. The van der Waals surface area contributed by atoms with Crippen LogP contribution >= 0.6 is 0 Å². The molecule has 0 radical (unpaired) electrons. The third-order valence-corrected chi connectivity index (χ3v) is 3.16. The molecule has 1 aromatic carbocycles. The molecule has 2 heterocycles. The lowest BCUT2D eigenvalue weighted by Crippen LogP contribution is -2.02. The number of aromatic nitrogens is 4. The first-order chi connectivity index (χ1) is 9.69. The molecule has 2 aromatic heterocycles. The normalized spacial score (nSPS) is 10.9. The van der Waals surface area contributed by atoms with E-state index in [1.54, 1.807) is 6.33 Å². The van der Waals surface area contributed by atoms with Crippen LogP contribution in [0, 0.1) is 13.8 Å². The number of fused-ring (bicyclic) bond motifs is 1. The Morgan fingerprint density at radius 2 is 1.85 bits per heavy atom. The van der Waals surface area contributed by atoms with Crippen molar-refractivity contribution in [1.29, 1.82) is 0 Å². The molecule has 0 amide bonds. The van der Waals surface area contributed by atoms with Gasteiger partial charge in [-0.3, -0.25) is 0 Å². The molecule has 5 nitrogen and oxygen atoms in total. The minimum absolute atomic E-state index is 0.820. The van der Waals surface area contributed by atoms with Gasteiger partial charge in [-0.15, -0.1) is 0 Å². The van der Waals surface area contributed by atoms with E-state index in [9.17, 15) is 0 Å². The Balaban J connectivity index is 2.19. The lowest BCUT2D eigenvalue weighted by molar-refractivity contribution is 0.892. The number of anilines is 1. The van der Waals surface area contributed by atoms with Gasteiger partial charge < -0.3 is 5.32 Å². The van der Waals surface area contributed by atoms with Crippen molar-refractivity contribution >= 4 is 16.9 Å². The van der Waals surface area contributed by atoms with Crippen LogP contribution in [0.1, 0.15) is 18.1 Å². The maximum absolute atomic E-state index is 4.46. The first kappa shape index (κ1) is 12.6. The summed E-state index contributed by atoms with van der Waals surface area (Å²) in [7, 11) is 0. The minimum Gasteiger partial charge on any atom is -0.370 e. The van der Waals surface area contributed by atoms with Gasteiger partial charge in [-0.2, -0.15) is 5.10 Å². The summed E-state index contributed by atoms with van der Waals surface area (Å²) in [5, 5.41) is 8.64. The van der Waals surface area contributed by atoms with Gasteiger partial charge in [-0.1, -0.05) is 6.07 Å². The molecule has 0 saturated heterocycles. The predicted molar refractivity (Wildman–Crippen MR) is 80.3 cm³/mol. The van der Waals surface area contributed by atoms with E-state index < -0.39 is 0 Å². The Morgan fingerprint density at radius 1 is 1.10 bits per heavy atom. The van der Waals surface area contributed by atoms with E-state index in [4.69, 9.17) is 0 Å². The zero-order chi connectivity index (χ0) is 14.1. The molecule has 0 saturated carbocycles. The number of benzene rings is 1. The van der Waals surface area contributed by atoms with Gasteiger partial charge in [0, 0.05) is 6.54 Å². The van der Waals surface area contributed by atoms with Crippen LogP contribution < -0.4 is 5.32 Å². The SMILES string of the molecule is CCNc1ncnc2c1cnn2-c1cc(C)cc(C)c1. The second kappa shape index (κ2) is 4.92. The highest BCUT2D eigenvalue weighted by Crippen LogP contribution is 2.22. The van der Waals surface area contributed by atoms with Gasteiger partial charge >= 0.3 is 0 Å². The number of rotatable bonds is 3. The molecule has 0 aliphatic rings. The van der Waals surface area contributed by atoms with Crippen LogP contribution in [0.25, 0.3) is 16.7 Å². The van der Waals surface area contributed by atoms with Crippen LogP contribution in [0.15, 0.2) is 30.7 Å². The van der Waals surface area contributed by atoms with Crippen molar-refractivity contribution in [2.75, 3.05) is 11.9 Å². The molecule has 0 fully saturated rings. The molecule has 0 atom stereocenters. The lowest BCUT2D eigenvalue weighted by Gasteiger charge is -2.07. The van der Waals surface area contributed by atoms with Gasteiger partial charge in [0.1, 0.15) is 12.1 Å². The van der Waals surface area contributed by atoms with E-state index in [1.807, 2.05) is 17.8 Å². The summed E-state index contributed by atoms with van der Waals surface area (Å²) in [5.41, 5.74) is 4.27. The molecule has 3 aromatic rings. The van der Waals surface area contributed by atoms with Gasteiger partial charge in [-0.05, 0) is 44.0 Å². The van der Waals surface area contributed by atoms with Crippen LogP contribution in [0.2, 0.25) is 0 Å². The predicted octanol–water partition coefficient (Wildman–Crippen LogP) is 2.86. The average molecular weight is 267 g/mol. The second-order valence-electron chi connectivity index (χ2n) is 4.89. The van der Waals surface area contributed by atoms with Crippen LogP contribution in [0.5, 0.6) is 0 Å². The topological polar surface area (TPSA) is 55.6 Å². The standard InChI is InChI=1S/C15H17N5/c1-4-16-14-13-8-19-20(15(13)18-9-17-14)12-6-10(2)5-11(3)7-12/h5-9H,4H2,1-3H3,(H,16,17,18). The fourth-order valence-electron chi connectivity index (χ4n) is 2.41. The number of nitrogens with zero attached hydrogens (tertiary/aromatic N) is 4. The van der Waals surface area contributed by atoms with Gasteiger partial charge in [0.25, 0.3) is 0 Å². The van der Waals surface area contributed by atoms with E-state index >= 15 is 0 Å². The molecule has 102 valence electrons. The highest BCUT2D eigenvalue weighted by Gasteiger charge is 2.10. The quantitative estimate of drug-likeness (QED) is 0.792. The molecule has 5 heteroatoms. The number of nitrogens with one attached hydrogen (secondary N) is 1. The van der Waals surface area contributed by atoms with Gasteiger partial charge in [0.15, 0.2) is 5.65 Å². The van der Waals surface area contributed by atoms with E-state index in [0.29, 0.717) is 0 Å². The fourth-order valence-corrected chi connectivity index (χ4v) is 2.41. The molecule has 3 rings (SSSR count).